The second kappa shape index (κ2) is 6.85. The Labute approximate surface area is 125 Å². The van der Waals surface area contributed by atoms with E-state index in [1.54, 1.807) is 0 Å². The molecule has 0 radical (unpaired) electrons. The molecule has 0 saturated carbocycles. The molecule has 1 unspecified atom stereocenters. The lowest BCUT2D eigenvalue weighted by Crippen LogP contribution is -2.41. The van der Waals surface area contributed by atoms with Gasteiger partial charge in [0, 0.05) is 25.2 Å². The van der Waals surface area contributed by atoms with E-state index in [-0.39, 0.29) is 23.6 Å². The van der Waals surface area contributed by atoms with Crippen LogP contribution in [-0.2, 0) is 4.74 Å². The van der Waals surface area contributed by atoms with Crippen molar-refractivity contribution in [1.82, 2.24) is 15.3 Å². The molecule has 1 fully saturated rings. The lowest BCUT2D eigenvalue weighted by Gasteiger charge is -2.28. The lowest BCUT2D eigenvalue weighted by molar-refractivity contribution is 0.0537. The Bertz CT molecular complexity index is 498. The highest BCUT2D eigenvalue weighted by Gasteiger charge is 2.24. The summed E-state index contributed by atoms with van der Waals surface area (Å²) in [6, 6.07) is 0.0817. The zero-order valence-electron chi connectivity index (χ0n) is 12.9. The molecule has 1 amide bonds. The van der Waals surface area contributed by atoms with E-state index in [9.17, 15) is 4.79 Å². The van der Waals surface area contributed by atoms with Gasteiger partial charge in [0.15, 0.2) is 5.69 Å². The summed E-state index contributed by atoms with van der Waals surface area (Å²) < 4.78 is 5.35. The summed E-state index contributed by atoms with van der Waals surface area (Å²) in [4.78, 5) is 20.8. The van der Waals surface area contributed by atoms with Crippen LogP contribution in [0, 0.1) is 5.92 Å². The average molecular weight is 292 g/mol. The summed E-state index contributed by atoms with van der Waals surface area (Å²) in [7, 11) is 0. The number of aromatic nitrogens is 2. The molecule has 2 heterocycles. The summed E-state index contributed by atoms with van der Waals surface area (Å²) in [5, 5.41) is 3.01. The van der Waals surface area contributed by atoms with E-state index >= 15 is 0 Å². The van der Waals surface area contributed by atoms with Crippen LogP contribution in [0.1, 0.15) is 55.8 Å². The number of ether oxygens (including phenoxy) is 1. The molecule has 3 N–H and O–H groups in total. The molecule has 2 rings (SSSR count). The second-order valence-electron chi connectivity index (χ2n) is 5.90. The van der Waals surface area contributed by atoms with Gasteiger partial charge < -0.3 is 15.8 Å². The first-order chi connectivity index (χ1) is 9.99. The molecular weight excluding hydrogens is 268 g/mol. The van der Waals surface area contributed by atoms with Gasteiger partial charge in [-0.05, 0) is 25.7 Å². The Morgan fingerprint density at radius 2 is 2.05 bits per heavy atom. The van der Waals surface area contributed by atoms with Crippen LogP contribution in [0.15, 0.2) is 6.20 Å². The number of nitrogens with zero attached hydrogens (tertiary/aromatic N) is 2. The van der Waals surface area contributed by atoms with Gasteiger partial charge in [0.2, 0.25) is 0 Å². The normalized spacial score (nSPS) is 17.7. The number of carbonyl (C=O) groups excluding carboxylic acids is 1. The van der Waals surface area contributed by atoms with Gasteiger partial charge in [0.05, 0.1) is 11.9 Å². The number of nitrogens with one attached hydrogen (secondary N) is 1. The topological polar surface area (TPSA) is 90.1 Å². The third kappa shape index (κ3) is 3.91. The van der Waals surface area contributed by atoms with Gasteiger partial charge in [0.25, 0.3) is 5.91 Å². The van der Waals surface area contributed by atoms with Crippen LogP contribution in [0.4, 0.5) is 5.69 Å². The van der Waals surface area contributed by atoms with Gasteiger partial charge in [0.1, 0.15) is 5.82 Å². The number of nitrogens with two attached hydrogens (primary N) is 1. The van der Waals surface area contributed by atoms with Crippen LogP contribution in [0.25, 0.3) is 0 Å². The first kappa shape index (κ1) is 15.7. The van der Waals surface area contributed by atoms with Crippen molar-refractivity contribution in [3.8, 4) is 0 Å². The van der Waals surface area contributed by atoms with Gasteiger partial charge in [-0.2, -0.15) is 0 Å². The molecule has 6 heteroatoms. The van der Waals surface area contributed by atoms with Crippen LogP contribution in [0.5, 0.6) is 0 Å². The van der Waals surface area contributed by atoms with Crippen molar-refractivity contribution in [1.29, 1.82) is 0 Å². The quantitative estimate of drug-likeness (QED) is 0.882. The SMILES string of the molecule is CC(C)c1ncc(N)c(C(=O)NC(C)C2CCOCC2)n1. The minimum absolute atomic E-state index is 0.0817. The predicted molar refractivity (Wildman–Crippen MR) is 81.0 cm³/mol. The molecule has 0 spiro atoms. The molecule has 0 aromatic carbocycles. The number of rotatable bonds is 4. The van der Waals surface area contributed by atoms with E-state index in [4.69, 9.17) is 10.5 Å². The van der Waals surface area contributed by atoms with Crippen LogP contribution < -0.4 is 11.1 Å². The molecule has 1 atom stereocenters. The van der Waals surface area contributed by atoms with Gasteiger partial charge in [-0.15, -0.1) is 0 Å². The number of anilines is 1. The first-order valence-electron chi connectivity index (χ1n) is 7.50. The van der Waals surface area contributed by atoms with Crippen LogP contribution in [-0.4, -0.2) is 35.1 Å². The van der Waals surface area contributed by atoms with Crippen molar-refractivity contribution in [3.05, 3.63) is 17.7 Å². The summed E-state index contributed by atoms with van der Waals surface area (Å²) in [6.07, 6.45) is 3.45. The lowest BCUT2D eigenvalue weighted by atomic mass is 9.93. The fraction of sp³-hybridized carbons (Fsp3) is 0.667. The maximum atomic E-state index is 12.4. The highest BCUT2D eigenvalue weighted by molar-refractivity contribution is 5.97. The molecule has 21 heavy (non-hydrogen) atoms. The fourth-order valence-corrected chi connectivity index (χ4v) is 2.47. The van der Waals surface area contributed by atoms with Crippen LogP contribution >= 0.6 is 0 Å². The minimum Gasteiger partial charge on any atom is -0.396 e. The maximum Gasteiger partial charge on any atom is 0.272 e. The zero-order valence-corrected chi connectivity index (χ0v) is 12.9. The minimum atomic E-state index is -0.226. The van der Waals surface area contributed by atoms with Crippen molar-refractivity contribution in [2.45, 2.75) is 45.6 Å². The molecule has 0 aliphatic carbocycles. The van der Waals surface area contributed by atoms with Crippen molar-refractivity contribution in [3.63, 3.8) is 0 Å². The Hall–Kier alpha value is -1.69. The largest absolute Gasteiger partial charge is 0.396 e. The summed E-state index contributed by atoms with van der Waals surface area (Å²) in [6.45, 7) is 7.51. The van der Waals surface area contributed by atoms with Crippen molar-refractivity contribution >= 4 is 11.6 Å². The van der Waals surface area contributed by atoms with Crippen molar-refractivity contribution in [2.75, 3.05) is 18.9 Å². The highest BCUT2D eigenvalue weighted by atomic mass is 16.5. The first-order valence-corrected chi connectivity index (χ1v) is 7.50. The zero-order chi connectivity index (χ0) is 15.4. The Morgan fingerprint density at radius 3 is 2.67 bits per heavy atom. The third-order valence-electron chi connectivity index (χ3n) is 3.90. The maximum absolute atomic E-state index is 12.4. The van der Waals surface area contributed by atoms with E-state index in [0.717, 1.165) is 26.1 Å². The molecule has 116 valence electrons. The third-order valence-corrected chi connectivity index (χ3v) is 3.90. The molecule has 1 saturated heterocycles. The number of nitrogen functional groups attached to an aromatic ring is 1. The number of amides is 1. The summed E-state index contributed by atoms with van der Waals surface area (Å²) in [5.41, 5.74) is 6.43. The van der Waals surface area contributed by atoms with Gasteiger partial charge in [-0.1, -0.05) is 13.8 Å². The number of carbonyl (C=O) groups is 1. The van der Waals surface area contributed by atoms with Gasteiger partial charge in [-0.25, -0.2) is 9.97 Å². The smallest absolute Gasteiger partial charge is 0.272 e. The molecule has 1 aliphatic heterocycles. The number of hydrogen-bond donors (Lipinski definition) is 2. The molecule has 1 aromatic heterocycles. The van der Waals surface area contributed by atoms with Crippen molar-refractivity contribution < 1.29 is 9.53 Å². The van der Waals surface area contributed by atoms with Gasteiger partial charge >= 0.3 is 0 Å². The molecule has 1 aromatic rings. The average Bonchev–Trinajstić information content (AvgIpc) is 2.48. The van der Waals surface area contributed by atoms with E-state index in [2.05, 4.69) is 15.3 Å². The standard InChI is InChI=1S/C15H24N4O2/c1-9(2)14-17-8-12(16)13(19-14)15(20)18-10(3)11-4-6-21-7-5-11/h8-11H,4-7,16H2,1-3H3,(H,18,20). The Kier molecular flexibility index (Phi) is 5.12. The van der Waals surface area contributed by atoms with Crippen LogP contribution in [0.3, 0.4) is 0 Å². The molecule has 1 aliphatic rings. The van der Waals surface area contributed by atoms with E-state index in [1.807, 2.05) is 20.8 Å². The van der Waals surface area contributed by atoms with Crippen LogP contribution in [0.2, 0.25) is 0 Å². The summed E-state index contributed by atoms with van der Waals surface area (Å²) >= 11 is 0. The molecular formula is C15H24N4O2. The number of hydrogen-bond acceptors (Lipinski definition) is 5. The molecule has 6 nitrogen and oxygen atoms in total. The summed E-state index contributed by atoms with van der Waals surface area (Å²) in [5.74, 6) is 1.00. The fourth-order valence-electron chi connectivity index (χ4n) is 2.47. The predicted octanol–water partition coefficient (Wildman–Crippen LogP) is 1.73. The Balaban J connectivity index is 2.07. The van der Waals surface area contributed by atoms with E-state index < -0.39 is 0 Å². The Morgan fingerprint density at radius 1 is 1.38 bits per heavy atom. The van der Waals surface area contributed by atoms with E-state index in [0.29, 0.717) is 17.4 Å². The van der Waals surface area contributed by atoms with Gasteiger partial charge in [-0.3, -0.25) is 4.79 Å². The van der Waals surface area contributed by atoms with Crippen molar-refractivity contribution in [2.24, 2.45) is 5.92 Å². The molecule has 0 bridgehead atoms. The van der Waals surface area contributed by atoms with E-state index in [1.165, 1.54) is 6.20 Å². The second-order valence-corrected chi connectivity index (χ2v) is 5.90. The monoisotopic (exact) mass is 292 g/mol. The highest BCUT2D eigenvalue weighted by Crippen LogP contribution is 2.19.